The van der Waals surface area contributed by atoms with Crippen molar-refractivity contribution in [1.82, 2.24) is 19.6 Å². The minimum Gasteiger partial charge on any atom is -0.493 e. The minimum atomic E-state index is -0.449. The van der Waals surface area contributed by atoms with E-state index in [0.717, 1.165) is 38.4 Å². The highest BCUT2D eigenvalue weighted by atomic mass is 16.6. The highest BCUT2D eigenvalue weighted by molar-refractivity contribution is 5.92. The number of hydrogen-bond donors (Lipinski definition) is 0. The monoisotopic (exact) mass is 433 g/mol. The summed E-state index contributed by atoms with van der Waals surface area (Å²) in [5.74, 6) is 0.872. The second-order valence-electron chi connectivity index (χ2n) is 8.03. The predicted molar refractivity (Wildman–Crippen MR) is 117 cm³/mol. The number of rotatable bonds is 5. The number of nitrogens with zero attached hydrogens (tertiary/aromatic N) is 5. The maximum absolute atomic E-state index is 12.9. The Morgan fingerprint density at radius 3 is 2.75 bits per heavy atom. The van der Waals surface area contributed by atoms with Crippen LogP contribution in [-0.2, 0) is 13.0 Å². The third kappa shape index (κ3) is 4.06. The van der Waals surface area contributed by atoms with Crippen LogP contribution in [0.15, 0.2) is 54.7 Å². The number of aromatic nitrogens is 2. The molecule has 3 aromatic rings. The Balaban J connectivity index is 1.20. The van der Waals surface area contributed by atoms with Gasteiger partial charge < -0.3 is 9.64 Å². The molecule has 1 saturated heterocycles. The topological polar surface area (TPSA) is 93.7 Å². The molecule has 9 nitrogen and oxygen atoms in total. The summed E-state index contributed by atoms with van der Waals surface area (Å²) in [4.78, 5) is 27.6. The van der Waals surface area contributed by atoms with Gasteiger partial charge in [0.2, 0.25) is 0 Å². The molecule has 9 heteroatoms. The number of amides is 1. The summed E-state index contributed by atoms with van der Waals surface area (Å²) in [6.07, 6.45) is 2.62. The van der Waals surface area contributed by atoms with Gasteiger partial charge in [0.25, 0.3) is 11.6 Å². The molecule has 2 aliphatic heterocycles. The van der Waals surface area contributed by atoms with Gasteiger partial charge in [0.1, 0.15) is 5.75 Å². The lowest BCUT2D eigenvalue weighted by Crippen LogP contribution is -2.48. The molecule has 1 amide bonds. The van der Waals surface area contributed by atoms with E-state index in [4.69, 9.17) is 4.74 Å². The fourth-order valence-corrected chi connectivity index (χ4v) is 4.20. The third-order valence-corrected chi connectivity index (χ3v) is 5.93. The van der Waals surface area contributed by atoms with Gasteiger partial charge in [-0.2, -0.15) is 5.10 Å². The number of hydrogen-bond acceptors (Lipinski definition) is 6. The zero-order valence-corrected chi connectivity index (χ0v) is 17.5. The standard InChI is InChI=1S/C23H23N5O4/c29-23(21-6-8-27(24-21)19-2-1-3-20(15-19)28(30)31)26-11-9-25(10-12-26)16-17-4-5-22-18(14-17)7-13-32-22/h1-6,8,14-15H,7,9-13,16H2. The van der Waals surface area contributed by atoms with Crippen molar-refractivity contribution in [2.24, 2.45) is 0 Å². The average Bonchev–Trinajstić information content (AvgIpc) is 3.49. The molecule has 0 saturated carbocycles. The lowest BCUT2D eigenvalue weighted by atomic mass is 10.1. The average molecular weight is 433 g/mol. The second-order valence-corrected chi connectivity index (χ2v) is 8.03. The molecule has 1 aromatic heterocycles. The van der Waals surface area contributed by atoms with Gasteiger partial charge >= 0.3 is 0 Å². The molecule has 2 aliphatic rings. The molecule has 0 aliphatic carbocycles. The van der Waals surface area contributed by atoms with Gasteiger partial charge in [0, 0.05) is 57.5 Å². The molecule has 0 radical (unpaired) electrons. The zero-order valence-electron chi connectivity index (χ0n) is 17.5. The highest BCUT2D eigenvalue weighted by Crippen LogP contribution is 2.26. The van der Waals surface area contributed by atoms with Crippen LogP contribution in [-0.4, -0.2) is 63.2 Å². The van der Waals surface area contributed by atoms with Crippen molar-refractivity contribution in [3.8, 4) is 11.4 Å². The fraction of sp³-hybridized carbons (Fsp3) is 0.304. The summed E-state index contributed by atoms with van der Waals surface area (Å²) in [5, 5.41) is 15.4. The van der Waals surface area contributed by atoms with Crippen LogP contribution in [0.2, 0.25) is 0 Å². The Labute approximate surface area is 185 Å². The zero-order chi connectivity index (χ0) is 22.1. The summed E-state index contributed by atoms with van der Waals surface area (Å²) in [6.45, 7) is 4.48. The van der Waals surface area contributed by atoms with Gasteiger partial charge in [-0.25, -0.2) is 4.68 Å². The van der Waals surface area contributed by atoms with Gasteiger partial charge in [0.05, 0.1) is 17.2 Å². The minimum absolute atomic E-state index is 0.0158. The summed E-state index contributed by atoms with van der Waals surface area (Å²) in [6, 6.07) is 14.2. The van der Waals surface area contributed by atoms with E-state index in [1.165, 1.54) is 27.9 Å². The van der Waals surface area contributed by atoms with Crippen molar-refractivity contribution in [3.63, 3.8) is 0 Å². The third-order valence-electron chi connectivity index (χ3n) is 5.93. The van der Waals surface area contributed by atoms with Crippen molar-refractivity contribution in [3.05, 3.63) is 81.7 Å². The van der Waals surface area contributed by atoms with Gasteiger partial charge in [-0.3, -0.25) is 19.8 Å². The maximum atomic E-state index is 12.9. The first-order chi connectivity index (χ1) is 15.6. The number of carbonyl (C=O) groups excluding carboxylic acids is 1. The van der Waals surface area contributed by atoms with Crippen LogP contribution in [0.5, 0.6) is 5.75 Å². The summed E-state index contributed by atoms with van der Waals surface area (Å²) in [5.41, 5.74) is 3.41. The Morgan fingerprint density at radius 1 is 1.09 bits per heavy atom. The van der Waals surface area contributed by atoms with Crippen LogP contribution in [0.1, 0.15) is 21.6 Å². The Bertz CT molecular complexity index is 1170. The first-order valence-electron chi connectivity index (χ1n) is 10.6. The Kier molecular flexibility index (Phi) is 5.32. The molecular formula is C23H23N5O4. The van der Waals surface area contributed by atoms with E-state index in [-0.39, 0.29) is 11.6 Å². The number of ether oxygens (including phenoxy) is 1. The summed E-state index contributed by atoms with van der Waals surface area (Å²) in [7, 11) is 0. The molecule has 0 N–H and O–H groups in total. The lowest BCUT2D eigenvalue weighted by Gasteiger charge is -2.34. The van der Waals surface area contributed by atoms with Crippen LogP contribution in [0.3, 0.4) is 0 Å². The maximum Gasteiger partial charge on any atom is 0.274 e. The van der Waals surface area contributed by atoms with Crippen molar-refractivity contribution >= 4 is 11.6 Å². The first kappa shape index (κ1) is 20.2. The van der Waals surface area contributed by atoms with E-state index in [0.29, 0.717) is 24.5 Å². The lowest BCUT2D eigenvalue weighted by molar-refractivity contribution is -0.384. The molecule has 0 spiro atoms. The van der Waals surface area contributed by atoms with E-state index in [2.05, 4.69) is 28.2 Å². The predicted octanol–water partition coefficient (Wildman–Crippen LogP) is 2.67. The number of nitro groups is 1. The molecular weight excluding hydrogens is 410 g/mol. The number of benzene rings is 2. The summed E-state index contributed by atoms with van der Waals surface area (Å²) < 4.78 is 7.07. The molecule has 32 heavy (non-hydrogen) atoms. The SMILES string of the molecule is O=C(c1ccn(-c2cccc([N+](=O)[O-])c2)n1)N1CCN(Cc2ccc3c(c2)CCO3)CC1. The van der Waals surface area contributed by atoms with Crippen molar-refractivity contribution < 1.29 is 14.5 Å². The van der Waals surface area contributed by atoms with Gasteiger partial charge in [-0.15, -0.1) is 0 Å². The number of non-ortho nitro benzene ring substituents is 1. The van der Waals surface area contributed by atoms with Crippen LogP contribution in [0.25, 0.3) is 5.69 Å². The number of nitro benzene ring substituents is 1. The Hall–Kier alpha value is -3.72. The number of piperazine rings is 1. The number of fused-ring (bicyclic) bond motifs is 1. The van der Waals surface area contributed by atoms with Crippen LogP contribution in [0.4, 0.5) is 5.69 Å². The molecule has 0 bridgehead atoms. The van der Waals surface area contributed by atoms with Crippen LogP contribution >= 0.6 is 0 Å². The van der Waals surface area contributed by atoms with E-state index < -0.39 is 4.92 Å². The van der Waals surface area contributed by atoms with E-state index in [9.17, 15) is 14.9 Å². The van der Waals surface area contributed by atoms with Crippen LogP contribution < -0.4 is 4.74 Å². The van der Waals surface area contributed by atoms with Crippen molar-refractivity contribution in [2.75, 3.05) is 32.8 Å². The Morgan fingerprint density at radius 2 is 1.94 bits per heavy atom. The van der Waals surface area contributed by atoms with Gasteiger partial charge in [0.15, 0.2) is 5.69 Å². The summed E-state index contributed by atoms with van der Waals surface area (Å²) >= 11 is 0. The van der Waals surface area contributed by atoms with Crippen molar-refractivity contribution in [1.29, 1.82) is 0 Å². The van der Waals surface area contributed by atoms with Gasteiger partial charge in [-0.1, -0.05) is 18.2 Å². The molecule has 3 heterocycles. The first-order valence-corrected chi connectivity index (χ1v) is 10.6. The van der Waals surface area contributed by atoms with E-state index in [1.54, 1.807) is 24.4 Å². The molecule has 0 unspecified atom stereocenters. The van der Waals surface area contributed by atoms with Gasteiger partial charge in [-0.05, 0) is 29.3 Å². The van der Waals surface area contributed by atoms with Crippen molar-refractivity contribution in [2.45, 2.75) is 13.0 Å². The fourth-order valence-electron chi connectivity index (χ4n) is 4.20. The van der Waals surface area contributed by atoms with E-state index >= 15 is 0 Å². The largest absolute Gasteiger partial charge is 0.493 e. The molecule has 2 aromatic carbocycles. The number of carbonyl (C=O) groups is 1. The highest BCUT2D eigenvalue weighted by Gasteiger charge is 2.24. The molecule has 5 rings (SSSR count). The molecule has 164 valence electrons. The van der Waals surface area contributed by atoms with E-state index in [1.807, 2.05) is 4.90 Å². The van der Waals surface area contributed by atoms with Crippen LogP contribution in [0, 0.1) is 10.1 Å². The second kappa shape index (κ2) is 8.43. The molecule has 0 atom stereocenters. The molecule has 1 fully saturated rings. The normalized spacial score (nSPS) is 15.9. The quantitative estimate of drug-likeness (QED) is 0.454. The smallest absolute Gasteiger partial charge is 0.274 e.